The number of fused-ring (bicyclic) bond motifs is 1. The normalized spacial score (nSPS) is 26.3. The molecule has 0 amide bonds. The molecule has 3 aromatic heterocycles. The van der Waals surface area contributed by atoms with E-state index in [1.807, 2.05) is 0 Å². The molecule has 1 saturated heterocycles. The SMILES string of the molecule is O=P(O)(O)C(CO)(Cc1nn[nH]n1)OC[C@H]1O[C@@H](c2ccc3c(NC4CCCC4)nc(Cl)nn23)[C@H](O)[C@@H]1O. The van der Waals surface area contributed by atoms with Crippen molar-refractivity contribution < 1.29 is 39.1 Å². The lowest BCUT2D eigenvalue weighted by Crippen LogP contribution is -2.43. The molecule has 7 N–H and O–H groups in total. The first-order valence-electron chi connectivity index (χ1n) is 12.0. The Morgan fingerprint density at radius 3 is 2.68 bits per heavy atom. The molecule has 1 saturated carbocycles. The average Bonchev–Trinajstić information content (AvgIpc) is 3.67. The second-order valence-corrected chi connectivity index (χ2v) is 11.7. The zero-order valence-corrected chi connectivity index (χ0v) is 21.6. The van der Waals surface area contributed by atoms with Crippen LogP contribution in [0.3, 0.4) is 0 Å². The molecule has 5 rings (SSSR count). The smallest absolute Gasteiger partial charge is 0.359 e. The molecule has 0 spiro atoms. The van der Waals surface area contributed by atoms with Crippen LogP contribution in [0, 0.1) is 0 Å². The molecule has 38 heavy (non-hydrogen) atoms. The Balaban J connectivity index is 1.36. The first-order chi connectivity index (χ1) is 18.1. The van der Waals surface area contributed by atoms with Gasteiger partial charge >= 0.3 is 7.60 Å². The summed E-state index contributed by atoms with van der Waals surface area (Å²) in [6.07, 6.45) is -1.52. The molecule has 16 nitrogen and oxygen atoms in total. The van der Waals surface area contributed by atoms with Gasteiger partial charge in [0.1, 0.15) is 29.9 Å². The number of nitrogens with one attached hydrogen (secondary N) is 2. The van der Waals surface area contributed by atoms with Gasteiger partial charge in [-0.3, -0.25) is 4.57 Å². The third kappa shape index (κ3) is 5.15. The summed E-state index contributed by atoms with van der Waals surface area (Å²) in [4.78, 5) is 24.2. The molecule has 0 aromatic carbocycles. The number of tetrazole rings is 1. The van der Waals surface area contributed by atoms with E-state index in [4.69, 9.17) is 21.1 Å². The van der Waals surface area contributed by atoms with Gasteiger partial charge in [-0.15, -0.1) is 15.3 Å². The fourth-order valence-electron chi connectivity index (χ4n) is 4.88. The molecule has 2 aliphatic rings. The number of aromatic nitrogens is 7. The number of anilines is 1. The Morgan fingerprint density at radius 1 is 1.26 bits per heavy atom. The standard InChI is InChI=1S/C20H28ClN8O8P/c21-19-23-18(22-10-3-1-2-4-10)12-6-5-11(29(12)26-19)17-16(32)15(31)13(37-17)8-36-20(9-30,38(33,34)35)7-14-24-27-28-25-14/h5-6,10,13,15-17,30-32H,1-4,7-9H2,(H,22,23,26)(H2,33,34,35)(H,24,25,27,28)/t13-,15-,16-,17+,20?/m1/s1. The second kappa shape index (κ2) is 10.7. The van der Waals surface area contributed by atoms with Crippen LogP contribution in [-0.2, 0) is 20.5 Å². The van der Waals surface area contributed by atoms with E-state index in [-0.39, 0.29) is 17.1 Å². The van der Waals surface area contributed by atoms with Gasteiger partial charge in [-0.05, 0) is 36.6 Å². The average molecular weight is 575 g/mol. The van der Waals surface area contributed by atoms with Gasteiger partial charge in [-0.2, -0.15) is 10.2 Å². The molecule has 0 bridgehead atoms. The van der Waals surface area contributed by atoms with Gasteiger partial charge in [0.05, 0.1) is 25.3 Å². The maximum absolute atomic E-state index is 12.3. The fourth-order valence-corrected chi connectivity index (χ4v) is 5.81. The Morgan fingerprint density at radius 2 is 2.03 bits per heavy atom. The molecular weight excluding hydrogens is 547 g/mol. The maximum atomic E-state index is 12.3. The molecule has 208 valence electrons. The summed E-state index contributed by atoms with van der Waals surface area (Å²) < 4.78 is 25.1. The highest BCUT2D eigenvalue weighted by molar-refractivity contribution is 7.53. The van der Waals surface area contributed by atoms with Crippen molar-refractivity contribution in [2.75, 3.05) is 18.5 Å². The monoisotopic (exact) mass is 574 g/mol. The van der Waals surface area contributed by atoms with Gasteiger partial charge in [-0.25, -0.2) is 4.52 Å². The highest BCUT2D eigenvalue weighted by Crippen LogP contribution is 2.53. The first kappa shape index (κ1) is 27.3. The maximum Gasteiger partial charge on any atom is 0.359 e. The van der Waals surface area contributed by atoms with Gasteiger partial charge in [0, 0.05) is 6.04 Å². The zero-order valence-electron chi connectivity index (χ0n) is 20.0. The van der Waals surface area contributed by atoms with E-state index < -0.39 is 57.0 Å². The number of nitrogens with zero attached hydrogens (tertiary/aromatic N) is 6. The van der Waals surface area contributed by atoms with Crippen LogP contribution in [0.4, 0.5) is 5.82 Å². The van der Waals surface area contributed by atoms with E-state index in [9.17, 15) is 29.7 Å². The number of halogens is 1. The van der Waals surface area contributed by atoms with Crippen LogP contribution in [0.25, 0.3) is 5.52 Å². The van der Waals surface area contributed by atoms with Crippen molar-refractivity contribution in [1.29, 1.82) is 0 Å². The van der Waals surface area contributed by atoms with Gasteiger partial charge < -0.3 is 39.9 Å². The molecule has 1 unspecified atom stereocenters. The molecule has 0 radical (unpaired) electrons. The molecular formula is C20H28ClN8O8P. The molecule has 3 aromatic rings. The summed E-state index contributed by atoms with van der Waals surface area (Å²) in [5.41, 5.74) is 0.977. The highest BCUT2D eigenvalue weighted by atomic mass is 35.5. The van der Waals surface area contributed by atoms with E-state index >= 15 is 0 Å². The predicted molar refractivity (Wildman–Crippen MR) is 129 cm³/mol. The first-order valence-corrected chi connectivity index (χ1v) is 14.0. The topological polar surface area (TPSA) is 233 Å². The Hall–Kier alpha value is -2.27. The van der Waals surface area contributed by atoms with Gasteiger partial charge in [-0.1, -0.05) is 18.1 Å². The van der Waals surface area contributed by atoms with Crippen molar-refractivity contribution in [2.24, 2.45) is 0 Å². The van der Waals surface area contributed by atoms with E-state index in [0.717, 1.165) is 25.7 Å². The van der Waals surface area contributed by atoms with E-state index in [1.165, 1.54) is 4.52 Å². The van der Waals surface area contributed by atoms with Crippen LogP contribution in [-0.4, -0.2) is 103 Å². The van der Waals surface area contributed by atoms with Crippen molar-refractivity contribution in [3.8, 4) is 0 Å². The molecule has 5 atom stereocenters. The number of hydrogen-bond acceptors (Lipinski definition) is 12. The lowest BCUT2D eigenvalue weighted by atomic mass is 10.1. The second-order valence-electron chi connectivity index (χ2n) is 9.45. The highest BCUT2D eigenvalue weighted by Gasteiger charge is 2.52. The van der Waals surface area contributed by atoms with Gasteiger partial charge in [0.2, 0.25) is 5.28 Å². The number of ether oxygens (including phenoxy) is 2. The zero-order chi connectivity index (χ0) is 27.1. The number of aliphatic hydroxyl groups excluding tert-OH is 3. The quantitative estimate of drug-likeness (QED) is 0.152. The lowest BCUT2D eigenvalue weighted by molar-refractivity contribution is -0.100. The van der Waals surface area contributed by atoms with Crippen LogP contribution < -0.4 is 5.32 Å². The lowest BCUT2D eigenvalue weighted by Gasteiger charge is -2.32. The molecule has 4 heterocycles. The van der Waals surface area contributed by atoms with Crippen molar-refractivity contribution in [3.63, 3.8) is 0 Å². The van der Waals surface area contributed by atoms with Crippen LogP contribution >= 0.6 is 19.2 Å². The summed E-state index contributed by atoms with van der Waals surface area (Å²) in [7, 11) is -5.10. The minimum absolute atomic E-state index is 0.0285. The van der Waals surface area contributed by atoms with Crippen molar-refractivity contribution in [1.82, 2.24) is 35.2 Å². The number of H-pyrrole nitrogens is 1. The van der Waals surface area contributed by atoms with E-state index in [2.05, 4.69) is 36.0 Å². The number of aromatic amines is 1. The number of aliphatic hydroxyl groups is 3. The Kier molecular flexibility index (Phi) is 7.70. The number of rotatable bonds is 10. The Labute approximate surface area is 220 Å². The minimum atomic E-state index is -5.10. The van der Waals surface area contributed by atoms with Crippen LogP contribution in [0.2, 0.25) is 5.28 Å². The minimum Gasteiger partial charge on any atom is -0.393 e. The van der Waals surface area contributed by atoms with Gasteiger partial charge in [0.25, 0.3) is 0 Å². The third-order valence-electron chi connectivity index (χ3n) is 6.98. The van der Waals surface area contributed by atoms with Crippen molar-refractivity contribution in [2.45, 2.75) is 67.9 Å². The number of hydrogen-bond donors (Lipinski definition) is 7. The summed E-state index contributed by atoms with van der Waals surface area (Å²) in [6, 6.07) is 3.66. The van der Waals surface area contributed by atoms with E-state index in [1.54, 1.807) is 12.1 Å². The van der Waals surface area contributed by atoms with Crippen LogP contribution in [0.5, 0.6) is 0 Å². The van der Waals surface area contributed by atoms with Gasteiger partial charge in [0.15, 0.2) is 17.0 Å². The molecule has 1 aliphatic heterocycles. The summed E-state index contributed by atoms with van der Waals surface area (Å²) >= 11 is 6.19. The molecule has 18 heteroatoms. The predicted octanol–water partition coefficient (Wildman–Crippen LogP) is -0.462. The summed E-state index contributed by atoms with van der Waals surface area (Å²) in [6.45, 7) is -1.66. The van der Waals surface area contributed by atoms with E-state index in [0.29, 0.717) is 17.0 Å². The molecule has 2 fully saturated rings. The van der Waals surface area contributed by atoms with Crippen LogP contribution in [0.15, 0.2) is 12.1 Å². The molecule has 1 aliphatic carbocycles. The van der Waals surface area contributed by atoms with Crippen molar-refractivity contribution in [3.05, 3.63) is 28.9 Å². The summed E-state index contributed by atoms with van der Waals surface area (Å²) in [5.74, 6) is 0.429. The third-order valence-corrected chi connectivity index (χ3v) is 8.63. The Bertz CT molecular complexity index is 1300. The van der Waals surface area contributed by atoms with Crippen LogP contribution in [0.1, 0.15) is 43.3 Å². The fraction of sp³-hybridized carbons (Fsp3) is 0.650. The largest absolute Gasteiger partial charge is 0.393 e. The van der Waals surface area contributed by atoms with Crippen molar-refractivity contribution >= 4 is 30.5 Å². The summed E-state index contributed by atoms with van der Waals surface area (Å²) in [5, 5.41) is 49.4.